The number of Topliss-reactive ketones (excluding diaryl/α,β-unsaturated/α-hetero) is 1. The molecule has 0 bridgehead atoms. The summed E-state index contributed by atoms with van der Waals surface area (Å²) in [7, 11) is 0. The van der Waals surface area contributed by atoms with Crippen molar-refractivity contribution in [3.8, 4) is 0 Å². The van der Waals surface area contributed by atoms with Crippen molar-refractivity contribution < 1.29 is 9.53 Å². The Labute approximate surface area is 121 Å². The smallest absolute Gasteiger partial charge is 0.192 e. The van der Waals surface area contributed by atoms with E-state index in [2.05, 4.69) is 32.6 Å². The molecule has 1 unspecified atom stereocenters. The lowest BCUT2D eigenvalue weighted by atomic mass is 9.98. The summed E-state index contributed by atoms with van der Waals surface area (Å²) in [6, 6.07) is 8.39. The number of carbonyl (C=O) groups is 1. The molecule has 20 heavy (non-hydrogen) atoms. The van der Waals surface area contributed by atoms with Crippen LogP contribution in [-0.2, 0) is 4.74 Å². The predicted octanol–water partition coefficient (Wildman–Crippen LogP) is 3.10. The Hall–Kier alpha value is -1.19. The topological polar surface area (TPSA) is 29.5 Å². The van der Waals surface area contributed by atoms with Gasteiger partial charge >= 0.3 is 0 Å². The normalized spacial score (nSPS) is 20.6. The molecule has 1 aromatic carbocycles. The van der Waals surface area contributed by atoms with Gasteiger partial charge in [0.15, 0.2) is 5.78 Å². The Morgan fingerprint density at radius 2 is 1.85 bits per heavy atom. The second-order valence-corrected chi connectivity index (χ2v) is 6.09. The molecule has 1 aliphatic heterocycles. The molecule has 3 nitrogen and oxygen atoms in total. The predicted molar refractivity (Wildman–Crippen MR) is 81.3 cm³/mol. The minimum absolute atomic E-state index is 0.102. The molecule has 1 fully saturated rings. The van der Waals surface area contributed by atoms with Gasteiger partial charge < -0.3 is 4.74 Å². The van der Waals surface area contributed by atoms with Crippen LogP contribution < -0.4 is 0 Å². The summed E-state index contributed by atoms with van der Waals surface area (Å²) in [4.78, 5) is 14.8. The minimum Gasteiger partial charge on any atom is -0.367 e. The van der Waals surface area contributed by atoms with Crippen LogP contribution in [0.2, 0.25) is 0 Å². The van der Waals surface area contributed by atoms with E-state index in [1.54, 1.807) is 0 Å². The van der Waals surface area contributed by atoms with Crippen molar-refractivity contribution in [1.82, 2.24) is 4.90 Å². The molecule has 0 radical (unpaired) electrons. The summed E-state index contributed by atoms with van der Waals surface area (Å²) >= 11 is 0. The zero-order chi connectivity index (χ0) is 14.7. The Balaban J connectivity index is 2.06. The number of ketones is 1. The third-order valence-electron chi connectivity index (χ3n) is 3.98. The van der Waals surface area contributed by atoms with Crippen LogP contribution in [0.3, 0.4) is 0 Å². The SMILES string of the molecule is CC(C)c1ccc(C(=O)C2CN(C(C)C)CCO2)cc1. The third kappa shape index (κ3) is 3.47. The average Bonchev–Trinajstić information content (AvgIpc) is 2.46. The van der Waals surface area contributed by atoms with E-state index in [1.165, 1.54) is 5.56 Å². The van der Waals surface area contributed by atoms with Crippen molar-refractivity contribution in [3.05, 3.63) is 35.4 Å². The number of nitrogens with zero attached hydrogens (tertiary/aromatic N) is 1. The van der Waals surface area contributed by atoms with E-state index in [4.69, 9.17) is 4.74 Å². The fourth-order valence-corrected chi connectivity index (χ4v) is 2.51. The van der Waals surface area contributed by atoms with Crippen molar-refractivity contribution in [2.45, 2.75) is 45.8 Å². The Bertz CT molecular complexity index is 451. The molecule has 1 atom stereocenters. The molecular formula is C17H25NO2. The average molecular weight is 275 g/mol. The van der Waals surface area contributed by atoms with Gasteiger partial charge in [-0.15, -0.1) is 0 Å². The van der Waals surface area contributed by atoms with E-state index >= 15 is 0 Å². The van der Waals surface area contributed by atoms with Gasteiger partial charge in [0.1, 0.15) is 6.10 Å². The first-order valence-corrected chi connectivity index (χ1v) is 7.49. The van der Waals surface area contributed by atoms with E-state index in [0.29, 0.717) is 25.1 Å². The highest BCUT2D eigenvalue weighted by Gasteiger charge is 2.28. The maximum atomic E-state index is 12.5. The van der Waals surface area contributed by atoms with Gasteiger partial charge in [0, 0.05) is 24.7 Å². The van der Waals surface area contributed by atoms with Crippen LogP contribution >= 0.6 is 0 Å². The summed E-state index contributed by atoms with van der Waals surface area (Å²) in [6.07, 6.45) is -0.323. The molecule has 1 heterocycles. The molecule has 1 saturated heterocycles. The lowest BCUT2D eigenvalue weighted by Crippen LogP contribution is -2.48. The van der Waals surface area contributed by atoms with Crippen LogP contribution in [0.4, 0.5) is 0 Å². The zero-order valence-electron chi connectivity index (χ0n) is 12.9. The van der Waals surface area contributed by atoms with Gasteiger partial charge in [-0.05, 0) is 25.3 Å². The van der Waals surface area contributed by atoms with E-state index in [-0.39, 0.29) is 11.9 Å². The molecule has 0 amide bonds. The number of hydrogen-bond acceptors (Lipinski definition) is 3. The van der Waals surface area contributed by atoms with E-state index in [9.17, 15) is 4.79 Å². The monoisotopic (exact) mass is 275 g/mol. The summed E-state index contributed by atoms with van der Waals surface area (Å²) in [5.41, 5.74) is 2.01. The first-order valence-electron chi connectivity index (χ1n) is 7.49. The molecule has 2 rings (SSSR count). The Kier molecular flexibility index (Phi) is 4.95. The van der Waals surface area contributed by atoms with Crippen LogP contribution in [0.5, 0.6) is 0 Å². The number of ether oxygens (including phenoxy) is 1. The van der Waals surface area contributed by atoms with Crippen LogP contribution in [0.15, 0.2) is 24.3 Å². The van der Waals surface area contributed by atoms with Crippen LogP contribution in [-0.4, -0.2) is 42.5 Å². The standard InChI is InChI=1S/C17H25NO2/c1-12(2)14-5-7-15(8-6-14)17(19)16-11-18(13(3)4)9-10-20-16/h5-8,12-13,16H,9-11H2,1-4H3. The largest absolute Gasteiger partial charge is 0.367 e. The number of rotatable bonds is 4. The van der Waals surface area contributed by atoms with Gasteiger partial charge in [-0.25, -0.2) is 0 Å². The van der Waals surface area contributed by atoms with Crippen LogP contribution in [0, 0.1) is 0 Å². The van der Waals surface area contributed by atoms with Crippen molar-refractivity contribution >= 4 is 5.78 Å². The highest BCUT2D eigenvalue weighted by atomic mass is 16.5. The fraction of sp³-hybridized carbons (Fsp3) is 0.588. The Morgan fingerprint density at radius 3 is 2.40 bits per heavy atom. The van der Waals surface area contributed by atoms with Gasteiger partial charge in [-0.1, -0.05) is 38.1 Å². The molecule has 1 aliphatic rings. The van der Waals surface area contributed by atoms with Gasteiger partial charge in [0.2, 0.25) is 0 Å². The van der Waals surface area contributed by atoms with Crippen molar-refractivity contribution in [2.75, 3.05) is 19.7 Å². The maximum Gasteiger partial charge on any atom is 0.192 e. The molecule has 1 aromatic rings. The van der Waals surface area contributed by atoms with E-state index in [1.807, 2.05) is 24.3 Å². The molecular weight excluding hydrogens is 250 g/mol. The maximum absolute atomic E-state index is 12.5. The van der Waals surface area contributed by atoms with Gasteiger partial charge in [0.25, 0.3) is 0 Å². The lowest BCUT2D eigenvalue weighted by Gasteiger charge is -2.34. The molecule has 0 saturated carbocycles. The molecule has 3 heteroatoms. The number of benzene rings is 1. The van der Waals surface area contributed by atoms with Crippen LogP contribution in [0.1, 0.15) is 49.5 Å². The van der Waals surface area contributed by atoms with Crippen LogP contribution in [0.25, 0.3) is 0 Å². The molecule has 0 aromatic heterocycles. The Morgan fingerprint density at radius 1 is 1.20 bits per heavy atom. The molecule has 0 N–H and O–H groups in total. The first kappa shape index (κ1) is 15.2. The van der Waals surface area contributed by atoms with E-state index in [0.717, 1.165) is 12.1 Å². The summed E-state index contributed by atoms with van der Waals surface area (Å²) < 4.78 is 5.66. The highest BCUT2D eigenvalue weighted by molar-refractivity contribution is 5.99. The summed E-state index contributed by atoms with van der Waals surface area (Å²) in [5.74, 6) is 0.590. The highest BCUT2D eigenvalue weighted by Crippen LogP contribution is 2.18. The second-order valence-electron chi connectivity index (χ2n) is 6.09. The quantitative estimate of drug-likeness (QED) is 0.791. The summed E-state index contributed by atoms with van der Waals surface area (Å²) in [5, 5.41) is 0. The third-order valence-corrected chi connectivity index (χ3v) is 3.98. The van der Waals surface area contributed by atoms with Gasteiger partial charge in [0.05, 0.1) is 6.61 Å². The molecule has 0 spiro atoms. The number of hydrogen-bond donors (Lipinski definition) is 0. The number of morpholine rings is 1. The molecule has 110 valence electrons. The van der Waals surface area contributed by atoms with Gasteiger partial charge in [-0.3, -0.25) is 9.69 Å². The lowest BCUT2D eigenvalue weighted by molar-refractivity contribution is -0.0256. The van der Waals surface area contributed by atoms with Crippen molar-refractivity contribution in [2.24, 2.45) is 0 Å². The fourth-order valence-electron chi connectivity index (χ4n) is 2.51. The minimum atomic E-state index is -0.323. The van der Waals surface area contributed by atoms with Gasteiger partial charge in [-0.2, -0.15) is 0 Å². The van der Waals surface area contributed by atoms with Crippen molar-refractivity contribution in [1.29, 1.82) is 0 Å². The van der Waals surface area contributed by atoms with E-state index < -0.39 is 0 Å². The number of carbonyl (C=O) groups excluding carboxylic acids is 1. The molecule has 0 aliphatic carbocycles. The zero-order valence-corrected chi connectivity index (χ0v) is 12.9. The van der Waals surface area contributed by atoms with Crippen molar-refractivity contribution in [3.63, 3.8) is 0 Å². The first-order chi connectivity index (χ1) is 9.49. The second kappa shape index (κ2) is 6.51. The summed E-state index contributed by atoms with van der Waals surface area (Å²) in [6.45, 7) is 10.9.